The van der Waals surface area contributed by atoms with Gasteiger partial charge in [0.2, 0.25) is 0 Å². The molecule has 3 heteroatoms. The lowest BCUT2D eigenvalue weighted by Crippen LogP contribution is -1.94. The maximum Gasteiger partial charge on any atom is 0.0895 e. The van der Waals surface area contributed by atoms with Crippen molar-refractivity contribution in [1.82, 2.24) is 9.55 Å². The first kappa shape index (κ1) is 9.71. The molecule has 0 fully saturated rings. The summed E-state index contributed by atoms with van der Waals surface area (Å²) in [5.41, 5.74) is 3.36. The van der Waals surface area contributed by atoms with Gasteiger partial charge in [-0.15, -0.1) is 0 Å². The monoisotopic (exact) mass is 252 g/mol. The van der Waals surface area contributed by atoms with Crippen molar-refractivity contribution >= 4 is 27.0 Å². The van der Waals surface area contributed by atoms with Crippen molar-refractivity contribution in [2.24, 2.45) is 7.05 Å². The molecule has 2 aromatic heterocycles. The highest BCUT2D eigenvalue weighted by molar-refractivity contribution is 9.10. The fourth-order valence-corrected chi connectivity index (χ4v) is 2.28. The summed E-state index contributed by atoms with van der Waals surface area (Å²) in [6.45, 7) is 4.31. The minimum Gasteiger partial charge on any atom is -0.348 e. The zero-order valence-electron chi connectivity index (χ0n) is 8.58. The number of halogens is 1. The molecule has 2 heterocycles. The van der Waals surface area contributed by atoms with Crippen LogP contribution in [0.3, 0.4) is 0 Å². The Labute approximate surface area is 92.1 Å². The number of nitrogens with zero attached hydrogens (tertiary/aromatic N) is 2. The molecule has 2 aromatic rings. The van der Waals surface area contributed by atoms with Gasteiger partial charge < -0.3 is 4.57 Å². The van der Waals surface area contributed by atoms with Crippen molar-refractivity contribution in [3.8, 4) is 0 Å². The number of rotatable bonds is 1. The maximum atomic E-state index is 4.61. The van der Waals surface area contributed by atoms with Crippen LogP contribution in [0.15, 0.2) is 22.8 Å². The SMILES string of the molecule is CC(C)c1cc(Br)c2c(ccn2C)n1. The predicted octanol–water partition coefficient (Wildman–Crippen LogP) is 3.46. The summed E-state index contributed by atoms with van der Waals surface area (Å²) in [5, 5.41) is 0. The van der Waals surface area contributed by atoms with E-state index in [1.165, 1.54) is 0 Å². The van der Waals surface area contributed by atoms with E-state index >= 15 is 0 Å². The summed E-state index contributed by atoms with van der Waals surface area (Å²) in [4.78, 5) is 4.61. The van der Waals surface area contributed by atoms with Crippen LogP contribution < -0.4 is 0 Å². The quantitative estimate of drug-likeness (QED) is 0.761. The average molecular weight is 253 g/mol. The van der Waals surface area contributed by atoms with E-state index in [9.17, 15) is 0 Å². The fraction of sp³-hybridized carbons (Fsp3) is 0.364. The van der Waals surface area contributed by atoms with Gasteiger partial charge >= 0.3 is 0 Å². The van der Waals surface area contributed by atoms with Crippen molar-refractivity contribution < 1.29 is 0 Å². The van der Waals surface area contributed by atoms with Gasteiger partial charge in [-0.05, 0) is 34.0 Å². The zero-order chi connectivity index (χ0) is 10.3. The van der Waals surface area contributed by atoms with Crippen LogP contribution in [0.1, 0.15) is 25.5 Å². The Balaban J connectivity index is 2.74. The highest BCUT2D eigenvalue weighted by Gasteiger charge is 2.08. The third-order valence-corrected chi connectivity index (χ3v) is 3.00. The highest BCUT2D eigenvalue weighted by atomic mass is 79.9. The first-order chi connectivity index (χ1) is 6.59. The van der Waals surface area contributed by atoms with E-state index in [2.05, 4.69) is 45.4 Å². The molecular weight excluding hydrogens is 240 g/mol. The molecule has 0 bridgehead atoms. The average Bonchev–Trinajstić information content (AvgIpc) is 2.48. The molecule has 0 atom stereocenters. The van der Waals surface area contributed by atoms with Crippen LogP contribution in [0.25, 0.3) is 11.0 Å². The van der Waals surface area contributed by atoms with Gasteiger partial charge in [0.1, 0.15) is 0 Å². The molecule has 0 aliphatic rings. The lowest BCUT2D eigenvalue weighted by Gasteiger charge is -2.06. The van der Waals surface area contributed by atoms with E-state index in [4.69, 9.17) is 0 Å². The number of pyridine rings is 1. The predicted molar refractivity (Wildman–Crippen MR) is 62.5 cm³/mol. The number of fused-ring (bicyclic) bond motifs is 1. The van der Waals surface area contributed by atoms with E-state index < -0.39 is 0 Å². The topological polar surface area (TPSA) is 17.8 Å². The molecule has 2 nitrogen and oxygen atoms in total. The standard InChI is InChI=1S/C11H13BrN2/c1-7(2)10-6-8(12)11-9(13-10)4-5-14(11)3/h4-7H,1-3H3. The first-order valence-electron chi connectivity index (χ1n) is 4.71. The van der Waals surface area contributed by atoms with E-state index in [0.717, 1.165) is 21.2 Å². The molecule has 14 heavy (non-hydrogen) atoms. The summed E-state index contributed by atoms with van der Waals surface area (Å²) in [6.07, 6.45) is 2.03. The van der Waals surface area contributed by atoms with Crippen LogP contribution in [0.2, 0.25) is 0 Å². The molecule has 0 aliphatic heterocycles. The molecule has 0 N–H and O–H groups in total. The molecule has 0 spiro atoms. The first-order valence-corrected chi connectivity index (χ1v) is 5.50. The van der Waals surface area contributed by atoms with Crippen molar-refractivity contribution in [2.75, 3.05) is 0 Å². The minimum absolute atomic E-state index is 0.468. The third kappa shape index (κ3) is 1.46. The van der Waals surface area contributed by atoms with Crippen LogP contribution in [0, 0.1) is 0 Å². The Kier molecular flexibility index (Phi) is 2.35. The molecule has 0 aliphatic carbocycles. The molecule has 74 valence electrons. The molecule has 2 rings (SSSR count). The lowest BCUT2D eigenvalue weighted by molar-refractivity contribution is 0.828. The molecule has 0 radical (unpaired) electrons. The number of hydrogen-bond acceptors (Lipinski definition) is 1. The zero-order valence-corrected chi connectivity index (χ0v) is 10.2. The van der Waals surface area contributed by atoms with Crippen LogP contribution in [-0.4, -0.2) is 9.55 Å². The largest absolute Gasteiger partial charge is 0.348 e. The van der Waals surface area contributed by atoms with E-state index in [0.29, 0.717) is 5.92 Å². The molecule has 0 amide bonds. The summed E-state index contributed by atoms with van der Waals surface area (Å²) in [5.74, 6) is 0.468. The van der Waals surface area contributed by atoms with E-state index in [-0.39, 0.29) is 0 Å². The fourth-order valence-electron chi connectivity index (χ4n) is 1.56. The highest BCUT2D eigenvalue weighted by Crippen LogP contribution is 2.26. The van der Waals surface area contributed by atoms with Crippen molar-refractivity contribution in [3.63, 3.8) is 0 Å². The number of aromatic nitrogens is 2. The van der Waals surface area contributed by atoms with Gasteiger partial charge in [-0.2, -0.15) is 0 Å². The van der Waals surface area contributed by atoms with Crippen molar-refractivity contribution in [3.05, 3.63) is 28.5 Å². The van der Waals surface area contributed by atoms with E-state index in [1.807, 2.05) is 19.3 Å². The van der Waals surface area contributed by atoms with Gasteiger partial charge in [0.15, 0.2) is 0 Å². The van der Waals surface area contributed by atoms with Crippen molar-refractivity contribution in [1.29, 1.82) is 0 Å². The van der Waals surface area contributed by atoms with Gasteiger partial charge in [0.05, 0.1) is 11.0 Å². The van der Waals surface area contributed by atoms with Crippen LogP contribution >= 0.6 is 15.9 Å². The Morgan fingerprint density at radius 3 is 2.79 bits per heavy atom. The molecule has 0 saturated carbocycles. The Hall–Kier alpha value is -0.830. The number of aryl methyl sites for hydroxylation is 1. The molecule has 0 unspecified atom stereocenters. The summed E-state index contributed by atoms with van der Waals surface area (Å²) < 4.78 is 3.20. The van der Waals surface area contributed by atoms with Gasteiger partial charge in [0, 0.05) is 23.4 Å². The maximum absolute atomic E-state index is 4.61. The molecular formula is C11H13BrN2. The van der Waals surface area contributed by atoms with Crippen LogP contribution in [0.5, 0.6) is 0 Å². The second-order valence-electron chi connectivity index (χ2n) is 3.84. The molecule has 0 aromatic carbocycles. The van der Waals surface area contributed by atoms with Gasteiger partial charge in [-0.3, -0.25) is 4.98 Å². The summed E-state index contributed by atoms with van der Waals surface area (Å²) >= 11 is 3.59. The minimum atomic E-state index is 0.468. The summed E-state index contributed by atoms with van der Waals surface area (Å²) in [7, 11) is 2.03. The third-order valence-electron chi connectivity index (χ3n) is 2.39. The van der Waals surface area contributed by atoms with Crippen LogP contribution in [-0.2, 0) is 7.05 Å². The molecule has 0 saturated heterocycles. The Bertz CT molecular complexity index is 471. The van der Waals surface area contributed by atoms with Crippen molar-refractivity contribution in [2.45, 2.75) is 19.8 Å². The van der Waals surface area contributed by atoms with Gasteiger partial charge in [-0.25, -0.2) is 0 Å². The smallest absolute Gasteiger partial charge is 0.0895 e. The second kappa shape index (κ2) is 3.39. The second-order valence-corrected chi connectivity index (χ2v) is 4.70. The van der Waals surface area contributed by atoms with E-state index in [1.54, 1.807) is 0 Å². The van der Waals surface area contributed by atoms with Gasteiger partial charge in [-0.1, -0.05) is 13.8 Å². The lowest BCUT2D eigenvalue weighted by atomic mass is 10.1. The normalized spacial score (nSPS) is 11.5. The number of hydrogen-bond donors (Lipinski definition) is 0. The van der Waals surface area contributed by atoms with Gasteiger partial charge in [0.25, 0.3) is 0 Å². The van der Waals surface area contributed by atoms with Crippen LogP contribution in [0.4, 0.5) is 0 Å². The summed E-state index contributed by atoms with van der Waals surface area (Å²) in [6, 6.07) is 4.15. The Morgan fingerprint density at radius 1 is 1.43 bits per heavy atom. The Morgan fingerprint density at radius 2 is 2.14 bits per heavy atom.